The van der Waals surface area contributed by atoms with Crippen LogP contribution in [0.25, 0.3) is 22.2 Å². The van der Waals surface area contributed by atoms with Crippen molar-refractivity contribution in [2.45, 2.75) is 24.6 Å². The second kappa shape index (κ2) is 8.79. The number of aliphatic hydroxyl groups is 1. The number of aryl methyl sites for hydroxylation is 1. The summed E-state index contributed by atoms with van der Waals surface area (Å²) in [5.74, 6) is -4.56. The first-order valence-corrected chi connectivity index (χ1v) is 10.8. The number of hydrogen-bond acceptors (Lipinski definition) is 4. The summed E-state index contributed by atoms with van der Waals surface area (Å²) in [4.78, 5) is 22.8. The average molecular weight is 524 g/mol. The smallest absolute Gasteiger partial charge is 0.422 e. The zero-order chi connectivity index (χ0) is 26.6. The monoisotopic (exact) mass is 523 g/mol. The number of oxazole rings is 1. The highest BCUT2D eigenvalue weighted by molar-refractivity contribution is 6.31. The number of carbonyl (C=O) groups is 1. The lowest BCUT2D eigenvalue weighted by Crippen LogP contribution is -2.46. The van der Waals surface area contributed by atoms with Crippen LogP contribution in [0.1, 0.15) is 34.3 Å². The van der Waals surface area contributed by atoms with Crippen molar-refractivity contribution in [3.05, 3.63) is 92.7 Å². The second-order valence-electron chi connectivity index (χ2n) is 8.33. The summed E-state index contributed by atoms with van der Waals surface area (Å²) in [6, 6.07) is 10.3. The number of aromatic carboxylic acids is 1. The Hall–Kier alpha value is -3.63. The molecule has 0 unspecified atom stereocenters. The molecule has 11 heteroatoms. The predicted octanol–water partition coefficient (Wildman–Crippen LogP) is 5.84. The van der Waals surface area contributed by atoms with Gasteiger partial charge in [-0.3, -0.25) is 4.57 Å². The van der Waals surface area contributed by atoms with Gasteiger partial charge in [-0.05, 0) is 47.0 Å². The molecule has 36 heavy (non-hydrogen) atoms. The lowest BCUT2D eigenvalue weighted by Gasteiger charge is -2.37. The standard InChI is InChI=1S/C25H18ClF4NO5/c1-12(16-6-3-13(9-18(16)26)17-7-4-14(22(32)33)10-19(17)27)24(35,25(28,29)30)15-5-8-21-20(11-15)31(2)23(34)36-21/h3-12,35H,1-2H3,(H,32,33)/t12-,24-/m1/s1. The van der Waals surface area contributed by atoms with Crippen LogP contribution in [0.2, 0.25) is 5.02 Å². The Bertz CT molecular complexity index is 1560. The summed E-state index contributed by atoms with van der Waals surface area (Å²) in [5, 5.41) is 20.0. The normalized spacial score (nSPS) is 14.6. The average Bonchev–Trinajstić information content (AvgIpc) is 3.10. The maximum Gasteiger partial charge on any atom is 0.422 e. The van der Waals surface area contributed by atoms with E-state index in [1.165, 1.54) is 43.4 Å². The van der Waals surface area contributed by atoms with Crippen LogP contribution in [0.3, 0.4) is 0 Å². The number of nitrogens with zero attached hydrogens (tertiary/aromatic N) is 1. The highest BCUT2D eigenvalue weighted by atomic mass is 35.5. The van der Waals surface area contributed by atoms with Gasteiger partial charge in [-0.15, -0.1) is 0 Å². The number of alkyl halides is 3. The highest BCUT2D eigenvalue weighted by Crippen LogP contribution is 2.50. The van der Waals surface area contributed by atoms with E-state index >= 15 is 0 Å². The van der Waals surface area contributed by atoms with Crippen molar-refractivity contribution < 1.29 is 37.0 Å². The fourth-order valence-corrected chi connectivity index (χ4v) is 4.52. The molecule has 0 spiro atoms. The Kier molecular flexibility index (Phi) is 6.22. The van der Waals surface area contributed by atoms with Gasteiger partial charge in [-0.2, -0.15) is 13.2 Å². The molecule has 0 radical (unpaired) electrons. The van der Waals surface area contributed by atoms with E-state index in [0.29, 0.717) is 0 Å². The molecule has 2 N–H and O–H groups in total. The van der Waals surface area contributed by atoms with Gasteiger partial charge in [0.15, 0.2) is 11.2 Å². The SMILES string of the molecule is C[C@H](c1ccc(-c2ccc(C(=O)O)cc2F)cc1Cl)[C@@](O)(c1ccc2oc(=O)n(C)c2c1)C(F)(F)F. The highest BCUT2D eigenvalue weighted by Gasteiger charge is 2.59. The summed E-state index contributed by atoms with van der Waals surface area (Å²) in [6.07, 6.45) is -5.15. The zero-order valence-electron chi connectivity index (χ0n) is 18.7. The molecule has 0 amide bonds. The third kappa shape index (κ3) is 4.06. The summed E-state index contributed by atoms with van der Waals surface area (Å²) in [6.45, 7) is 1.15. The number of carboxylic acid groups (broad SMARTS) is 1. The molecule has 0 aliphatic rings. The molecular weight excluding hydrogens is 506 g/mol. The molecular formula is C25H18ClF4NO5. The summed E-state index contributed by atoms with van der Waals surface area (Å²) < 4.78 is 63.6. The van der Waals surface area contributed by atoms with Crippen molar-refractivity contribution in [3.8, 4) is 11.1 Å². The molecule has 0 saturated carbocycles. The number of carboxylic acids is 1. The van der Waals surface area contributed by atoms with Gasteiger partial charge in [0.1, 0.15) is 5.82 Å². The summed E-state index contributed by atoms with van der Waals surface area (Å²) in [7, 11) is 1.33. The molecule has 4 rings (SSSR count). The van der Waals surface area contributed by atoms with E-state index in [9.17, 15) is 32.3 Å². The van der Waals surface area contributed by atoms with E-state index in [-0.39, 0.29) is 38.4 Å². The summed E-state index contributed by atoms with van der Waals surface area (Å²) in [5.41, 5.74) is -3.94. The molecule has 0 saturated heterocycles. The van der Waals surface area contributed by atoms with Crippen LogP contribution in [0, 0.1) is 5.82 Å². The van der Waals surface area contributed by atoms with Crippen molar-refractivity contribution in [3.63, 3.8) is 0 Å². The first kappa shape index (κ1) is 25.5. The lowest BCUT2D eigenvalue weighted by molar-refractivity contribution is -0.274. The maximum absolute atomic E-state index is 14.5. The number of aromatic nitrogens is 1. The van der Waals surface area contributed by atoms with E-state index in [0.717, 1.165) is 29.7 Å². The summed E-state index contributed by atoms with van der Waals surface area (Å²) >= 11 is 6.32. The van der Waals surface area contributed by atoms with Crippen molar-refractivity contribution in [1.29, 1.82) is 0 Å². The first-order valence-electron chi connectivity index (χ1n) is 10.5. The van der Waals surface area contributed by atoms with Crippen LogP contribution < -0.4 is 5.76 Å². The number of hydrogen-bond donors (Lipinski definition) is 2. The number of benzene rings is 3. The quantitative estimate of drug-likeness (QED) is 0.320. The Morgan fingerprint density at radius 2 is 1.78 bits per heavy atom. The molecule has 4 aromatic rings. The third-order valence-electron chi connectivity index (χ3n) is 6.28. The minimum atomic E-state index is -5.15. The van der Waals surface area contributed by atoms with Gasteiger partial charge in [-0.25, -0.2) is 14.0 Å². The molecule has 0 aliphatic carbocycles. The van der Waals surface area contributed by atoms with Gasteiger partial charge < -0.3 is 14.6 Å². The molecule has 2 atom stereocenters. The fraction of sp³-hybridized carbons (Fsp3) is 0.200. The number of fused-ring (bicyclic) bond motifs is 1. The zero-order valence-corrected chi connectivity index (χ0v) is 19.5. The lowest BCUT2D eigenvalue weighted by atomic mass is 9.77. The van der Waals surface area contributed by atoms with Gasteiger partial charge >= 0.3 is 17.9 Å². The Morgan fingerprint density at radius 1 is 1.08 bits per heavy atom. The number of halogens is 5. The van der Waals surface area contributed by atoms with Crippen LogP contribution >= 0.6 is 11.6 Å². The molecule has 6 nitrogen and oxygen atoms in total. The Balaban J connectivity index is 1.80. The van der Waals surface area contributed by atoms with Crippen molar-refractivity contribution in [2.75, 3.05) is 0 Å². The Labute approximate surface area is 206 Å². The molecule has 1 aromatic heterocycles. The van der Waals surface area contributed by atoms with Gasteiger partial charge in [0.05, 0.1) is 11.1 Å². The van der Waals surface area contributed by atoms with E-state index in [1.54, 1.807) is 0 Å². The van der Waals surface area contributed by atoms with Crippen LogP contribution in [0.15, 0.2) is 63.8 Å². The predicted molar refractivity (Wildman–Crippen MR) is 124 cm³/mol. The molecule has 0 bridgehead atoms. The van der Waals surface area contributed by atoms with Crippen molar-refractivity contribution >= 4 is 28.7 Å². The molecule has 3 aromatic carbocycles. The van der Waals surface area contributed by atoms with Crippen LogP contribution in [0.4, 0.5) is 17.6 Å². The van der Waals surface area contributed by atoms with Crippen LogP contribution in [-0.4, -0.2) is 26.9 Å². The van der Waals surface area contributed by atoms with Crippen LogP contribution in [0.5, 0.6) is 0 Å². The van der Waals surface area contributed by atoms with E-state index in [1.807, 2.05) is 0 Å². The molecule has 0 aliphatic heterocycles. The second-order valence-corrected chi connectivity index (χ2v) is 8.74. The largest absolute Gasteiger partial charge is 0.478 e. The topological polar surface area (TPSA) is 92.7 Å². The first-order chi connectivity index (χ1) is 16.8. The molecule has 1 heterocycles. The van der Waals surface area contributed by atoms with Gasteiger partial charge in [0, 0.05) is 23.6 Å². The Morgan fingerprint density at radius 3 is 2.36 bits per heavy atom. The number of rotatable bonds is 5. The van der Waals surface area contributed by atoms with Crippen LogP contribution in [-0.2, 0) is 12.6 Å². The molecule has 0 fully saturated rings. The van der Waals surface area contributed by atoms with E-state index in [2.05, 4.69) is 0 Å². The maximum atomic E-state index is 14.5. The van der Waals surface area contributed by atoms with Gasteiger partial charge in [0.25, 0.3) is 0 Å². The van der Waals surface area contributed by atoms with Gasteiger partial charge in [0.2, 0.25) is 0 Å². The minimum absolute atomic E-state index is 0.00138. The van der Waals surface area contributed by atoms with Crippen molar-refractivity contribution in [2.24, 2.45) is 7.05 Å². The van der Waals surface area contributed by atoms with Gasteiger partial charge in [-0.1, -0.05) is 42.8 Å². The third-order valence-corrected chi connectivity index (χ3v) is 6.61. The van der Waals surface area contributed by atoms with Crippen molar-refractivity contribution in [1.82, 2.24) is 4.57 Å². The molecule has 188 valence electrons. The minimum Gasteiger partial charge on any atom is -0.478 e. The van der Waals surface area contributed by atoms with E-state index < -0.39 is 40.8 Å². The fourth-order valence-electron chi connectivity index (χ4n) is 4.18. The van der Waals surface area contributed by atoms with E-state index in [4.69, 9.17) is 21.1 Å².